The largest absolute Gasteiger partial charge is 0.383 e. The van der Waals surface area contributed by atoms with E-state index in [4.69, 9.17) is 5.73 Å². The Labute approximate surface area is 188 Å². The average Bonchev–Trinajstić information content (AvgIpc) is 3.54. The monoisotopic (exact) mass is 446 g/mol. The van der Waals surface area contributed by atoms with Crippen LogP contribution in [-0.2, 0) is 0 Å². The molecule has 0 atom stereocenters. The minimum Gasteiger partial charge on any atom is -0.383 e. The van der Waals surface area contributed by atoms with Crippen molar-refractivity contribution in [2.24, 2.45) is 0 Å². The number of nitrogens with two attached hydrogens (primary N) is 1. The fraction of sp³-hybridized carbons (Fsp3) is 0.217. The zero-order chi connectivity index (χ0) is 22.1. The van der Waals surface area contributed by atoms with Crippen molar-refractivity contribution in [2.75, 3.05) is 16.4 Å². The molecule has 1 aromatic carbocycles. The van der Waals surface area contributed by atoms with E-state index in [-0.39, 0.29) is 11.8 Å². The number of hydrogen-bond acceptors (Lipinski definition) is 6. The highest BCUT2D eigenvalue weighted by molar-refractivity contribution is 7.14. The molecule has 8 nitrogen and oxygen atoms in total. The summed E-state index contributed by atoms with van der Waals surface area (Å²) >= 11 is 1.43. The van der Waals surface area contributed by atoms with Gasteiger partial charge in [0.15, 0.2) is 5.78 Å². The molecular formula is C23H22N6O2S. The van der Waals surface area contributed by atoms with Crippen LogP contribution in [0.2, 0.25) is 0 Å². The summed E-state index contributed by atoms with van der Waals surface area (Å²) < 4.78 is 2.07. The number of carbonyl (C=O) groups excluding carboxylic acids is 2. The third-order valence-electron chi connectivity index (χ3n) is 5.74. The van der Waals surface area contributed by atoms with Crippen LogP contribution in [0, 0.1) is 0 Å². The Hall–Kier alpha value is -3.72. The molecule has 4 N–H and O–H groups in total. The topological polar surface area (TPSA) is 115 Å². The number of rotatable bonds is 5. The standard InChI is InChI=1S/C23H22N6O2S/c24-21-19-17(12-29(16-7-1-2-8-16)22(19)26-13-25-21)20(30)14-5-3-6-15(11-14)27-23(31)28-18-9-4-10-32-18/h3-6,9-13,16H,1-2,7-8H2,(H2,24,25,26)(H2,27,28,31). The van der Waals surface area contributed by atoms with Gasteiger partial charge in [0, 0.05) is 23.5 Å². The van der Waals surface area contributed by atoms with Crippen molar-refractivity contribution in [3.05, 3.63) is 65.4 Å². The van der Waals surface area contributed by atoms with E-state index in [1.165, 1.54) is 17.7 Å². The van der Waals surface area contributed by atoms with Gasteiger partial charge in [-0.3, -0.25) is 10.1 Å². The van der Waals surface area contributed by atoms with Crippen LogP contribution >= 0.6 is 11.3 Å². The molecule has 1 saturated carbocycles. The fourth-order valence-corrected chi connectivity index (χ4v) is 4.87. The van der Waals surface area contributed by atoms with E-state index in [1.54, 1.807) is 24.3 Å². The number of nitrogens with zero attached hydrogens (tertiary/aromatic N) is 3. The van der Waals surface area contributed by atoms with Crippen LogP contribution < -0.4 is 16.4 Å². The Morgan fingerprint density at radius 2 is 1.94 bits per heavy atom. The normalized spacial score (nSPS) is 14.0. The molecule has 0 saturated heterocycles. The molecule has 0 radical (unpaired) electrons. The second kappa shape index (κ2) is 8.43. The quantitative estimate of drug-likeness (QED) is 0.371. The molecule has 9 heteroatoms. The molecule has 162 valence electrons. The second-order valence-electron chi connectivity index (χ2n) is 7.81. The molecule has 5 rings (SSSR count). The summed E-state index contributed by atoms with van der Waals surface area (Å²) in [4.78, 5) is 34.3. The number of carbonyl (C=O) groups is 2. The van der Waals surface area contributed by atoms with E-state index < -0.39 is 0 Å². The number of nitrogens with one attached hydrogen (secondary N) is 2. The van der Waals surface area contributed by atoms with Gasteiger partial charge in [0.2, 0.25) is 0 Å². The Balaban J connectivity index is 1.45. The smallest absolute Gasteiger partial charge is 0.324 e. The average molecular weight is 447 g/mol. The third kappa shape index (κ3) is 3.82. The molecule has 0 unspecified atom stereocenters. The Kier molecular flexibility index (Phi) is 5.32. The van der Waals surface area contributed by atoms with Crippen LogP contribution in [0.15, 0.2) is 54.3 Å². The molecule has 1 aliphatic carbocycles. The van der Waals surface area contributed by atoms with Crippen molar-refractivity contribution < 1.29 is 9.59 Å². The van der Waals surface area contributed by atoms with Gasteiger partial charge in [-0.1, -0.05) is 25.0 Å². The second-order valence-corrected chi connectivity index (χ2v) is 8.76. The van der Waals surface area contributed by atoms with E-state index >= 15 is 0 Å². The minimum atomic E-state index is -0.368. The summed E-state index contributed by atoms with van der Waals surface area (Å²) in [5.74, 6) is 0.107. The summed E-state index contributed by atoms with van der Waals surface area (Å²) in [6.45, 7) is 0. The maximum Gasteiger partial charge on any atom is 0.324 e. The highest BCUT2D eigenvalue weighted by Gasteiger charge is 2.25. The lowest BCUT2D eigenvalue weighted by Gasteiger charge is -2.12. The van der Waals surface area contributed by atoms with E-state index in [0.717, 1.165) is 30.7 Å². The van der Waals surface area contributed by atoms with Gasteiger partial charge in [0.1, 0.15) is 17.8 Å². The highest BCUT2D eigenvalue weighted by atomic mass is 32.1. The minimum absolute atomic E-state index is 0.185. The summed E-state index contributed by atoms with van der Waals surface area (Å²) in [7, 11) is 0. The van der Waals surface area contributed by atoms with Crippen LogP contribution in [0.3, 0.4) is 0 Å². The molecule has 32 heavy (non-hydrogen) atoms. The van der Waals surface area contributed by atoms with Crippen LogP contribution in [0.25, 0.3) is 11.0 Å². The molecule has 1 fully saturated rings. The highest BCUT2D eigenvalue weighted by Crippen LogP contribution is 2.35. The van der Waals surface area contributed by atoms with Crippen molar-refractivity contribution in [2.45, 2.75) is 31.7 Å². The lowest BCUT2D eigenvalue weighted by atomic mass is 10.0. The zero-order valence-corrected chi connectivity index (χ0v) is 18.1. The van der Waals surface area contributed by atoms with Gasteiger partial charge in [0.05, 0.1) is 16.0 Å². The number of ketones is 1. The van der Waals surface area contributed by atoms with Crippen LogP contribution in [0.4, 0.5) is 21.3 Å². The first-order valence-corrected chi connectivity index (χ1v) is 11.4. The van der Waals surface area contributed by atoms with Gasteiger partial charge in [-0.2, -0.15) is 0 Å². The molecule has 0 aliphatic heterocycles. The van der Waals surface area contributed by atoms with Crippen molar-refractivity contribution in [3.8, 4) is 0 Å². The predicted octanol–water partition coefficient (Wildman–Crippen LogP) is 5.07. The number of amides is 2. The number of nitrogen functional groups attached to an aromatic ring is 1. The number of fused-ring (bicyclic) bond motifs is 1. The van der Waals surface area contributed by atoms with Gasteiger partial charge in [-0.15, -0.1) is 11.3 Å². The predicted molar refractivity (Wildman–Crippen MR) is 126 cm³/mol. The summed E-state index contributed by atoms with van der Waals surface area (Å²) in [5.41, 5.74) is 8.31. The van der Waals surface area contributed by atoms with Crippen LogP contribution in [0.1, 0.15) is 47.6 Å². The van der Waals surface area contributed by atoms with Gasteiger partial charge >= 0.3 is 6.03 Å². The number of urea groups is 1. The maximum atomic E-state index is 13.5. The van der Waals surface area contributed by atoms with Crippen molar-refractivity contribution in [3.63, 3.8) is 0 Å². The first-order valence-electron chi connectivity index (χ1n) is 10.5. The Bertz CT molecular complexity index is 1290. The number of anilines is 3. The molecule has 0 bridgehead atoms. The summed E-state index contributed by atoms with van der Waals surface area (Å²) in [6, 6.07) is 10.5. The van der Waals surface area contributed by atoms with Crippen molar-refractivity contribution in [1.82, 2.24) is 14.5 Å². The van der Waals surface area contributed by atoms with Crippen molar-refractivity contribution >= 4 is 50.7 Å². The van der Waals surface area contributed by atoms with E-state index in [0.29, 0.717) is 39.7 Å². The molecule has 3 heterocycles. The Morgan fingerprint density at radius 3 is 2.72 bits per heavy atom. The van der Waals surface area contributed by atoms with Crippen molar-refractivity contribution in [1.29, 1.82) is 0 Å². The first-order chi connectivity index (χ1) is 15.6. The number of aromatic nitrogens is 3. The van der Waals surface area contributed by atoms with Crippen LogP contribution in [-0.4, -0.2) is 26.3 Å². The summed E-state index contributed by atoms with van der Waals surface area (Å²) in [6.07, 6.45) is 7.73. The Morgan fingerprint density at radius 1 is 1.09 bits per heavy atom. The molecule has 0 spiro atoms. The lowest BCUT2D eigenvalue weighted by Crippen LogP contribution is -2.19. The third-order valence-corrected chi connectivity index (χ3v) is 6.53. The molecule has 2 amide bonds. The number of benzene rings is 1. The maximum absolute atomic E-state index is 13.5. The molecule has 4 aromatic rings. The molecule has 3 aromatic heterocycles. The number of hydrogen-bond donors (Lipinski definition) is 3. The fourth-order valence-electron chi connectivity index (χ4n) is 4.26. The zero-order valence-electron chi connectivity index (χ0n) is 17.2. The van der Waals surface area contributed by atoms with Gasteiger partial charge < -0.3 is 15.6 Å². The van der Waals surface area contributed by atoms with Gasteiger partial charge in [0.25, 0.3) is 0 Å². The van der Waals surface area contributed by atoms with Crippen LogP contribution in [0.5, 0.6) is 0 Å². The van der Waals surface area contributed by atoms with Gasteiger partial charge in [-0.05, 0) is 42.5 Å². The first kappa shape index (κ1) is 20.2. The lowest BCUT2D eigenvalue weighted by molar-refractivity contribution is 0.104. The van der Waals surface area contributed by atoms with E-state index in [9.17, 15) is 9.59 Å². The molecule has 1 aliphatic rings. The summed E-state index contributed by atoms with van der Waals surface area (Å²) in [5, 5.41) is 8.74. The SMILES string of the molecule is Nc1ncnc2c1c(C(=O)c1cccc(NC(=O)Nc3cccs3)c1)cn2C1CCCC1. The van der Waals surface area contributed by atoms with E-state index in [2.05, 4.69) is 25.2 Å². The number of thiophene rings is 1. The molecular weight excluding hydrogens is 424 g/mol. The van der Waals surface area contributed by atoms with E-state index in [1.807, 2.05) is 23.7 Å². The van der Waals surface area contributed by atoms with Gasteiger partial charge in [-0.25, -0.2) is 14.8 Å².